The Labute approximate surface area is 136 Å². The lowest BCUT2D eigenvalue weighted by molar-refractivity contribution is 0.414. The first-order valence-corrected chi connectivity index (χ1v) is 7.99. The Kier molecular flexibility index (Phi) is 4.91. The molecule has 0 N–H and O–H groups in total. The minimum absolute atomic E-state index is 0.285. The SMILES string of the molecule is COc1cc(N2CCCCC2)ccc1C=Nc1cccc(F)c1. The summed E-state index contributed by atoms with van der Waals surface area (Å²) in [7, 11) is 1.66. The molecular weight excluding hydrogens is 291 g/mol. The van der Waals surface area contributed by atoms with Crippen LogP contribution in [0.15, 0.2) is 47.5 Å². The van der Waals surface area contributed by atoms with Gasteiger partial charge in [0.25, 0.3) is 0 Å². The lowest BCUT2D eigenvalue weighted by Crippen LogP contribution is -2.29. The van der Waals surface area contributed by atoms with Gasteiger partial charge in [-0.05, 0) is 49.6 Å². The molecule has 3 nitrogen and oxygen atoms in total. The highest BCUT2D eigenvalue weighted by molar-refractivity contribution is 5.86. The lowest BCUT2D eigenvalue weighted by Gasteiger charge is -2.29. The normalized spacial score (nSPS) is 15.1. The van der Waals surface area contributed by atoms with Crippen molar-refractivity contribution < 1.29 is 9.13 Å². The number of benzene rings is 2. The summed E-state index contributed by atoms with van der Waals surface area (Å²) in [6, 6.07) is 12.4. The number of piperidine rings is 1. The quantitative estimate of drug-likeness (QED) is 0.772. The van der Waals surface area contributed by atoms with E-state index >= 15 is 0 Å². The van der Waals surface area contributed by atoms with Crippen LogP contribution < -0.4 is 9.64 Å². The number of ether oxygens (including phenoxy) is 1. The number of rotatable bonds is 4. The molecule has 0 saturated carbocycles. The van der Waals surface area contributed by atoms with Crippen LogP contribution in [0.3, 0.4) is 0 Å². The number of hydrogen-bond donors (Lipinski definition) is 0. The summed E-state index contributed by atoms with van der Waals surface area (Å²) >= 11 is 0. The summed E-state index contributed by atoms with van der Waals surface area (Å²) in [5.74, 6) is 0.500. The number of nitrogens with zero attached hydrogens (tertiary/aromatic N) is 2. The Morgan fingerprint density at radius 1 is 1.09 bits per heavy atom. The molecule has 1 aliphatic rings. The molecule has 0 amide bonds. The van der Waals surface area contributed by atoms with Gasteiger partial charge in [0.1, 0.15) is 11.6 Å². The minimum atomic E-state index is -0.285. The van der Waals surface area contributed by atoms with Gasteiger partial charge in [-0.3, -0.25) is 4.99 Å². The first-order chi connectivity index (χ1) is 11.3. The van der Waals surface area contributed by atoms with Crippen LogP contribution >= 0.6 is 0 Å². The predicted octanol–water partition coefficient (Wildman–Crippen LogP) is 4.58. The summed E-state index contributed by atoms with van der Waals surface area (Å²) in [5, 5.41) is 0. The Balaban J connectivity index is 1.82. The topological polar surface area (TPSA) is 24.8 Å². The van der Waals surface area contributed by atoms with Crippen LogP contribution in [0.4, 0.5) is 15.8 Å². The minimum Gasteiger partial charge on any atom is -0.496 e. The molecule has 1 saturated heterocycles. The van der Waals surface area contributed by atoms with Crippen LogP contribution in [0, 0.1) is 5.82 Å². The summed E-state index contributed by atoms with van der Waals surface area (Å²) in [5.41, 5.74) is 2.66. The van der Waals surface area contributed by atoms with Crippen molar-refractivity contribution in [3.63, 3.8) is 0 Å². The van der Waals surface area contributed by atoms with Crippen LogP contribution in [0.5, 0.6) is 5.75 Å². The zero-order valence-corrected chi connectivity index (χ0v) is 13.3. The molecule has 0 radical (unpaired) electrons. The van der Waals surface area contributed by atoms with Gasteiger partial charge in [-0.1, -0.05) is 6.07 Å². The van der Waals surface area contributed by atoms with Gasteiger partial charge >= 0.3 is 0 Å². The highest BCUT2D eigenvalue weighted by atomic mass is 19.1. The van der Waals surface area contributed by atoms with E-state index in [0.717, 1.165) is 24.4 Å². The summed E-state index contributed by atoms with van der Waals surface area (Å²) < 4.78 is 18.7. The maximum Gasteiger partial charge on any atom is 0.129 e. The third-order valence-electron chi connectivity index (χ3n) is 4.10. The van der Waals surface area contributed by atoms with Gasteiger partial charge in [-0.2, -0.15) is 0 Å². The predicted molar refractivity (Wildman–Crippen MR) is 92.7 cm³/mol. The zero-order valence-electron chi connectivity index (χ0n) is 13.3. The van der Waals surface area contributed by atoms with E-state index in [4.69, 9.17) is 4.74 Å². The van der Waals surface area contributed by atoms with E-state index < -0.39 is 0 Å². The second-order valence-electron chi connectivity index (χ2n) is 5.71. The van der Waals surface area contributed by atoms with Crippen molar-refractivity contribution >= 4 is 17.6 Å². The van der Waals surface area contributed by atoms with Gasteiger partial charge in [0, 0.05) is 36.6 Å². The number of methoxy groups -OCH3 is 1. The maximum absolute atomic E-state index is 13.2. The largest absolute Gasteiger partial charge is 0.496 e. The van der Waals surface area contributed by atoms with Crippen molar-refractivity contribution in [2.24, 2.45) is 4.99 Å². The molecule has 2 aromatic rings. The molecule has 0 unspecified atom stereocenters. The van der Waals surface area contributed by atoms with Gasteiger partial charge in [0.15, 0.2) is 0 Å². The molecule has 3 rings (SSSR count). The fourth-order valence-electron chi connectivity index (χ4n) is 2.86. The standard InChI is InChI=1S/C19H21FN2O/c1-23-19-13-18(22-10-3-2-4-11-22)9-8-15(19)14-21-17-7-5-6-16(20)12-17/h5-9,12-14H,2-4,10-11H2,1H3. The molecule has 2 aromatic carbocycles. The van der Waals surface area contributed by atoms with E-state index in [9.17, 15) is 4.39 Å². The number of halogens is 1. The van der Waals surface area contributed by atoms with E-state index in [1.807, 2.05) is 6.07 Å². The van der Waals surface area contributed by atoms with E-state index in [1.165, 1.54) is 37.1 Å². The highest BCUT2D eigenvalue weighted by Crippen LogP contribution is 2.27. The monoisotopic (exact) mass is 312 g/mol. The highest BCUT2D eigenvalue weighted by Gasteiger charge is 2.12. The summed E-state index contributed by atoms with van der Waals surface area (Å²) in [6.07, 6.45) is 5.51. The van der Waals surface area contributed by atoms with Crippen LogP contribution in [0.2, 0.25) is 0 Å². The smallest absolute Gasteiger partial charge is 0.129 e. The van der Waals surface area contributed by atoms with E-state index in [-0.39, 0.29) is 5.82 Å². The third kappa shape index (κ3) is 3.89. The molecule has 0 spiro atoms. The Morgan fingerprint density at radius 3 is 2.65 bits per heavy atom. The molecule has 0 aliphatic carbocycles. The Hall–Kier alpha value is -2.36. The molecule has 120 valence electrons. The second-order valence-corrected chi connectivity index (χ2v) is 5.71. The molecule has 4 heteroatoms. The van der Waals surface area contributed by atoms with Crippen molar-refractivity contribution in [3.8, 4) is 5.75 Å². The summed E-state index contributed by atoms with van der Waals surface area (Å²) in [6.45, 7) is 2.19. The van der Waals surface area contributed by atoms with Gasteiger partial charge in [0.2, 0.25) is 0 Å². The fraction of sp³-hybridized carbons (Fsp3) is 0.316. The molecule has 0 bridgehead atoms. The third-order valence-corrected chi connectivity index (χ3v) is 4.10. The molecule has 1 fully saturated rings. The van der Waals surface area contributed by atoms with Gasteiger partial charge in [-0.15, -0.1) is 0 Å². The first-order valence-electron chi connectivity index (χ1n) is 7.99. The van der Waals surface area contributed by atoms with Crippen LogP contribution in [-0.2, 0) is 0 Å². The van der Waals surface area contributed by atoms with Crippen molar-refractivity contribution in [2.45, 2.75) is 19.3 Å². The Bertz CT molecular complexity index is 694. The summed E-state index contributed by atoms with van der Waals surface area (Å²) in [4.78, 5) is 6.72. The van der Waals surface area contributed by atoms with Crippen molar-refractivity contribution in [1.82, 2.24) is 0 Å². The lowest BCUT2D eigenvalue weighted by atomic mass is 10.1. The van der Waals surface area contributed by atoms with Gasteiger partial charge < -0.3 is 9.64 Å². The molecule has 0 atom stereocenters. The molecule has 23 heavy (non-hydrogen) atoms. The maximum atomic E-state index is 13.2. The van der Waals surface area contributed by atoms with E-state index in [0.29, 0.717) is 5.69 Å². The number of hydrogen-bond acceptors (Lipinski definition) is 3. The van der Waals surface area contributed by atoms with Crippen molar-refractivity contribution in [2.75, 3.05) is 25.1 Å². The van der Waals surface area contributed by atoms with Gasteiger partial charge in [-0.25, -0.2) is 4.39 Å². The van der Waals surface area contributed by atoms with Crippen molar-refractivity contribution in [3.05, 3.63) is 53.8 Å². The molecule has 1 heterocycles. The van der Waals surface area contributed by atoms with E-state index in [1.54, 1.807) is 25.5 Å². The molecule has 0 aromatic heterocycles. The van der Waals surface area contributed by atoms with Crippen LogP contribution in [-0.4, -0.2) is 26.4 Å². The fourth-order valence-corrected chi connectivity index (χ4v) is 2.86. The second kappa shape index (κ2) is 7.27. The van der Waals surface area contributed by atoms with Crippen LogP contribution in [0.25, 0.3) is 0 Å². The first kappa shape index (κ1) is 15.5. The Morgan fingerprint density at radius 2 is 1.91 bits per heavy atom. The number of anilines is 1. The average molecular weight is 312 g/mol. The van der Waals surface area contributed by atoms with Crippen LogP contribution in [0.1, 0.15) is 24.8 Å². The molecule has 1 aliphatic heterocycles. The van der Waals surface area contributed by atoms with Crippen molar-refractivity contribution in [1.29, 1.82) is 0 Å². The van der Waals surface area contributed by atoms with E-state index in [2.05, 4.69) is 22.0 Å². The zero-order chi connectivity index (χ0) is 16.1. The average Bonchev–Trinajstić information content (AvgIpc) is 2.60. The van der Waals surface area contributed by atoms with Gasteiger partial charge in [0.05, 0.1) is 12.8 Å². The molecular formula is C19H21FN2O. The number of aliphatic imine (C=N–C) groups is 1.